The van der Waals surface area contributed by atoms with Gasteiger partial charge in [0, 0.05) is 18.3 Å². The van der Waals surface area contributed by atoms with E-state index in [1.807, 2.05) is 0 Å². The summed E-state index contributed by atoms with van der Waals surface area (Å²) in [5.74, 6) is -0.349. The standard InChI is InChI=1S/C11H14N2O3S/c1-6(14)13-4-3-7-8(5-13)17-10(12)9(7)11(15)16-2/h3-5,12H2,1-2H3. The minimum atomic E-state index is -0.392. The summed E-state index contributed by atoms with van der Waals surface area (Å²) in [5, 5.41) is 0.479. The lowest BCUT2D eigenvalue weighted by molar-refractivity contribution is -0.129. The van der Waals surface area contributed by atoms with Gasteiger partial charge in [0.1, 0.15) is 5.00 Å². The number of carbonyl (C=O) groups is 2. The molecule has 1 aliphatic heterocycles. The number of nitrogen functional groups attached to an aromatic ring is 1. The number of methoxy groups -OCH3 is 1. The Morgan fingerprint density at radius 1 is 1.47 bits per heavy atom. The monoisotopic (exact) mass is 254 g/mol. The molecule has 5 nitrogen and oxygen atoms in total. The summed E-state index contributed by atoms with van der Waals surface area (Å²) in [4.78, 5) is 25.6. The molecule has 0 fully saturated rings. The number of rotatable bonds is 1. The Kier molecular flexibility index (Phi) is 3.06. The number of nitrogens with two attached hydrogens (primary N) is 1. The van der Waals surface area contributed by atoms with Crippen molar-refractivity contribution in [2.45, 2.75) is 19.9 Å². The van der Waals surface area contributed by atoms with E-state index in [1.54, 1.807) is 11.8 Å². The molecule has 1 aliphatic rings. The number of nitrogens with zero attached hydrogens (tertiary/aromatic N) is 1. The highest BCUT2D eigenvalue weighted by Gasteiger charge is 2.28. The Hall–Kier alpha value is -1.56. The predicted octanol–water partition coefficient (Wildman–Crippen LogP) is 1.02. The third-order valence-corrected chi connectivity index (χ3v) is 3.96. The van der Waals surface area contributed by atoms with Crippen LogP contribution in [0.25, 0.3) is 0 Å². The molecule has 0 atom stereocenters. The highest BCUT2D eigenvalue weighted by Crippen LogP contribution is 2.35. The summed E-state index contributed by atoms with van der Waals surface area (Å²) < 4.78 is 4.72. The van der Waals surface area contributed by atoms with Gasteiger partial charge in [-0.3, -0.25) is 4.79 Å². The van der Waals surface area contributed by atoms with Crippen molar-refractivity contribution in [1.29, 1.82) is 0 Å². The fourth-order valence-corrected chi connectivity index (χ4v) is 3.14. The van der Waals surface area contributed by atoms with Crippen molar-refractivity contribution >= 4 is 28.2 Å². The SMILES string of the molecule is COC(=O)c1c(N)sc2c1CCN(C(C)=O)C2. The summed E-state index contributed by atoms with van der Waals surface area (Å²) in [5.41, 5.74) is 7.26. The Labute approximate surface area is 103 Å². The van der Waals surface area contributed by atoms with Crippen molar-refractivity contribution < 1.29 is 14.3 Å². The van der Waals surface area contributed by atoms with Crippen LogP contribution in [0.3, 0.4) is 0 Å². The van der Waals surface area contributed by atoms with Crippen LogP contribution < -0.4 is 5.73 Å². The first kappa shape index (κ1) is 11.9. The number of thiophene rings is 1. The second kappa shape index (κ2) is 4.37. The Morgan fingerprint density at radius 2 is 2.18 bits per heavy atom. The van der Waals surface area contributed by atoms with Crippen molar-refractivity contribution in [3.63, 3.8) is 0 Å². The summed E-state index contributed by atoms with van der Waals surface area (Å²) in [7, 11) is 1.34. The van der Waals surface area contributed by atoms with E-state index in [1.165, 1.54) is 18.4 Å². The summed E-state index contributed by atoms with van der Waals surface area (Å²) in [6.45, 7) is 2.71. The molecule has 6 heteroatoms. The lowest BCUT2D eigenvalue weighted by Gasteiger charge is -2.25. The van der Waals surface area contributed by atoms with Crippen LogP contribution in [0.15, 0.2) is 0 Å². The second-order valence-corrected chi connectivity index (χ2v) is 5.06. The van der Waals surface area contributed by atoms with Crippen LogP contribution in [0.4, 0.5) is 5.00 Å². The fraction of sp³-hybridized carbons (Fsp3) is 0.455. The van der Waals surface area contributed by atoms with Crippen LogP contribution in [0, 0.1) is 0 Å². The van der Waals surface area contributed by atoms with Crippen LogP contribution in [-0.2, 0) is 22.5 Å². The van der Waals surface area contributed by atoms with E-state index in [0.717, 1.165) is 10.4 Å². The highest BCUT2D eigenvalue weighted by molar-refractivity contribution is 7.16. The number of fused-ring (bicyclic) bond motifs is 1. The molecular formula is C11H14N2O3S. The third-order valence-electron chi connectivity index (χ3n) is 2.92. The Bertz CT molecular complexity index is 481. The van der Waals surface area contributed by atoms with Gasteiger partial charge in [-0.2, -0.15) is 0 Å². The molecular weight excluding hydrogens is 240 g/mol. The number of ether oxygens (including phenoxy) is 1. The number of carbonyl (C=O) groups excluding carboxylic acids is 2. The second-order valence-electron chi connectivity index (χ2n) is 3.93. The molecule has 0 bridgehead atoms. The summed E-state index contributed by atoms with van der Waals surface area (Å²) in [6, 6.07) is 0. The first-order valence-electron chi connectivity index (χ1n) is 5.28. The van der Waals surface area contributed by atoms with Crippen LogP contribution in [0.2, 0.25) is 0 Å². The number of hydrogen-bond acceptors (Lipinski definition) is 5. The molecule has 2 rings (SSSR count). The van der Waals surface area contributed by atoms with Crippen molar-refractivity contribution in [3.05, 3.63) is 16.0 Å². The van der Waals surface area contributed by atoms with Crippen molar-refractivity contribution in [1.82, 2.24) is 4.90 Å². The zero-order chi connectivity index (χ0) is 12.6. The topological polar surface area (TPSA) is 72.6 Å². The maximum absolute atomic E-state index is 11.6. The van der Waals surface area contributed by atoms with Gasteiger partial charge in [0.05, 0.1) is 19.2 Å². The largest absolute Gasteiger partial charge is 0.465 e. The lowest BCUT2D eigenvalue weighted by Crippen LogP contribution is -2.33. The van der Waals surface area contributed by atoms with E-state index in [0.29, 0.717) is 30.1 Å². The molecule has 17 heavy (non-hydrogen) atoms. The molecule has 0 unspecified atom stereocenters. The fourth-order valence-electron chi connectivity index (χ4n) is 2.02. The first-order chi connectivity index (χ1) is 8.04. The third kappa shape index (κ3) is 2.00. The van der Waals surface area contributed by atoms with E-state index in [2.05, 4.69) is 0 Å². The molecule has 92 valence electrons. The highest BCUT2D eigenvalue weighted by atomic mass is 32.1. The molecule has 0 saturated heterocycles. The quantitative estimate of drug-likeness (QED) is 0.759. The van der Waals surface area contributed by atoms with E-state index < -0.39 is 5.97 Å². The normalized spacial score (nSPS) is 14.4. The molecule has 2 N–H and O–H groups in total. The number of amides is 1. The summed E-state index contributed by atoms with van der Waals surface area (Å²) in [6.07, 6.45) is 0.660. The molecule has 1 aromatic rings. The van der Waals surface area contributed by atoms with Gasteiger partial charge in [0.25, 0.3) is 0 Å². The van der Waals surface area contributed by atoms with Gasteiger partial charge in [-0.15, -0.1) is 11.3 Å². The average molecular weight is 254 g/mol. The lowest BCUT2D eigenvalue weighted by atomic mass is 10.0. The summed E-state index contributed by atoms with van der Waals surface area (Å²) >= 11 is 1.36. The maximum Gasteiger partial charge on any atom is 0.341 e. The van der Waals surface area contributed by atoms with E-state index in [9.17, 15) is 9.59 Å². The van der Waals surface area contributed by atoms with Crippen molar-refractivity contribution in [2.24, 2.45) is 0 Å². The van der Waals surface area contributed by atoms with Crippen LogP contribution in [-0.4, -0.2) is 30.4 Å². The molecule has 0 aromatic carbocycles. The zero-order valence-corrected chi connectivity index (χ0v) is 10.6. The van der Waals surface area contributed by atoms with Gasteiger partial charge in [0.2, 0.25) is 5.91 Å². The van der Waals surface area contributed by atoms with Gasteiger partial charge < -0.3 is 15.4 Å². The van der Waals surface area contributed by atoms with Gasteiger partial charge in [0.15, 0.2) is 0 Å². The van der Waals surface area contributed by atoms with Crippen molar-refractivity contribution in [2.75, 3.05) is 19.4 Å². The maximum atomic E-state index is 11.6. The van der Waals surface area contributed by atoms with Gasteiger partial charge >= 0.3 is 5.97 Å². The van der Waals surface area contributed by atoms with Crippen molar-refractivity contribution in [3.8, 4) is 0 Å². The molecule has 0 aliphatic carbocycles. The van der Waals surface area contributed by atoms with E-state index >= 15 is 0 Å². The number of esters is 1. The smallest absolute Gasteiger partial charge is 0.341 e. The van der Waals surface area contributed by atoms with Crippen LogP contribution in [0.1, 0.15) is 27.7 Å². The molecule has 0 spiro atoms. The van der Waals surface area contributed by atoms with Gasteiger partial charge in [-0.05, 0) is 12.0 Å². The molecule has 1 amide bonds. The number of anilines is 1. The predicted molar refractivity (Wildman–Crippen MR) is 64.9 cm³/mol. The molecule has 2 heterocycles. The minimum absolute atomic E-state index is 0.0437. The van der Waals surface area contributed by atoms with Gasteiger partial charge in [-0.25, -0.2) is 4.79 Å². The molecule has 0 saturated carbocycles. The average Bonchev–Trinajstić information content (AvgIpc) is 2.62. The molecule has 1 aromatic heterocycles. The Morgan fingerprint density at radius 3 is 2.76 bits per heavy atom. The molecule has 0 radical (unpaired) electrons. The zero-order valence-electron chi connectivity index (χ0n) is 9.78. The Balaban J connectivity index is 2.37. The van der Waals surface area contributed by atoms with E-state index in [-0.39, 0.29) is 5.91 Å². The minimum Gasteiger partial charge on any atom is -0.465 e. The van der Waals surface area contributed by atoms with Crippen LogP contribution in [0.5, 0.6) is 0 Å². The van der Waals surface area contributed by atoms with Gasteiger partial charge in [-0.1, -0.05) is 0 Å². The number of hydrogen-bond donors (Lipinski definition) is 1. The van der Waals surface area contributed by atoms with E-state index in [4.69, 9.17) is 10.5 Å². The van der Waals surface area contributed by atoms with Crippen LogP contribution >= 0.6 is 11.3 Å². The first-order valence-corrected chi connectivity index (χ1v) is 6.10.